The number of fused-ring (bicyclic) bond motifs is 3. The lowest BCUT2D eigenvalue weighted by Crippen LogP contribution is -1.93. The van der Waals surface area contributed by atoms with E-state index >= 15 is 0 Å². The van der Waals surface area contributed by atoms with Gasteiger partial charge in [0, 0.05) is 20.0 Å². The summed E-state index contributed by atoms with van der Waals surface area (Å²) >= 11 is 2.38. The fourth-order valence-electron chi connectivity index (χ4n) is 2.96. The fourth-order valence-corrected chi connectivity index (χ4v) is 3.43. The Labute approximate surface area is 137 Å². The van der Waals surface area contributed by atoms with Crippen LogP contribution >= 0.6 is 22.6 Å². The van der Waals surface area contributed by atoms with Gasteiger partial charge < -0.3 is 4.57 Å². The average molecular weight is 383 g/mol. The quantitative estimate of drug-likeness (QED) is 0.372. The van der Waals surface area contributed by atoms with E-state index in [0.29, 0.717) is 0 Å². The molecular weight excluding hydrogens is 369 g/mol. The summed E-state index contributed by atoms with van der Waals surface area (Å²) in [6.45, 7) is 2.15. The third-order valence-electron chi connectivity index (χ3n) is 3.90. The van der Waals surface area contributed by atoms with Crippen molar-refractivity contribution in [3.8, 4) is 5.69 Å². The van der Waals surface area contributed by atoms with Crippen molar-refractivity contribution in [2.24, 2.45) is 0 Å². The standard InChI is InChI=1S/C19H14IN/c1-13-7-9-16-17-10-8-14(20)12-19(17)21(18(16)11-13)15-5-3-2-4-6-15/h2-12H,1H3. The molecule has 2 heteroatoms. The van der Waals surface area contributed by atoms with Gasteiger partial charge in [-0.2, -0.15) is 0 Å². The molecule has 3 aromatic carbocycles. The lowest BCUT2D eigenvalue weighted by atomic mass is 10.1. The van der Waals surface area contributed by atoms with Gasteiger partial charge in [0.25, 0.3) is 0 Å². The predicted octanol–water partition coefficient (Wildman–Crippen LogP) is 5.70. The highest BCUT2D eigenvalue weighted by Gasteiger charge is 2.12. The van der Waals surface area contributed by atoms with E-state index in [9.17, 15) is 0 Å². The molecule has 0 aliphatic heterocycles. The summed E-state index contributed by atoms with van der Waals surface area (Å²) in [5, 5.41) is 2.63. The van der Waals surface area contributed by atoms with E-state index in [1.807, 2.05) is 0 Å². The van der Waals surface area contributed by atoms with Crippen LogP contribution in [0.3, 0.4) is 0 Å². The Kier molecular flexibility index (Phi) is 3.00. The maximum Gasteiger partial charge on any atom is 0.0551 e. The van der Waals surface area contributed by atoms with Crippen LogP contribution < -0.4 is 0 Å². The minimum absolute atomic E-state index is 1.21. The van der Waals surface area contributed by atoms with Crippen molar-refractivity contribution in [2.75, 3.05) is 0 Å². The summed E-state index contributed by atoms with van der Waals surface area (Å²) < 4.78 is 3.62. The SMILES string of the molecule is Cc1ccc2c3ccc(I)cc3n(-c3ccccc3)c2c1. The van der Waals surface area contributed by atoms with Gasteiger partial charge >= 0.3 is 0 Å². The van der Waals surface area contributed by atoms with E-state index in [2.05, 4.69) is 101 Å². The number of aromatic nitrogens is 1. The normalized spacial score (nSPS) is 11.3. The molecule has 0 fully saturated rings. The highest BCUT2D eigenvalue weighted by Crippen LogP contribution is 2.33. The number of hydrogen-bond donors (Lipinski definition) is 0. The molecule has 0 bridgehead atoms. The molecule has 0 unspecified atom stereocenters. The van der Waals surface area contributed by atoms with Gasteiger partial charge in [-0.15, -0.1) is 0 Å². The van der Waals surface area contributed by atoms with Crippen LogP contribution in [0.5, 0.6) is 0 Å². The van der Waals surface area contributed by atoms with E-state index in [1.165, 1.54) is 36.6 Å². The molecule has 4 aromatic rings. The number of aryl methyl sites for hydroxylation is 1. The van der Waals surface area contributed by atoms with Gasteiger partial charge in [-0.25, -0.2) is 0 Å². The first kappa shape index (κ1) is 12.9. The molecule has 0 aliphatic rings. The Balaban J connectivity index is 2.24. The van der Waals surface area contributed by atoms with Crippen molar-refractivity contribution >= 4 is 44.4 Å². The zero-order chi connectivity index (χ0) is 14.4. The molecule has 102 valence electrons. The molecule has 0 radical (unpaired) electrons. The van der Waals surface area contributed by atoms with Crippen LogP contribution in [0.25, 0.3) is 27.5 Å². The van der Waals surface area contributed by atoms with Crippen molar-refractivity contribution in [3.05, 3.63) is 75.9 Å². The molecule has 0 saturated carbocycles. The zero-order valence-corrected chi connectivity index (χ0v) is 13.8. The Bertz CT molecular complexity index is 892. The van der Waals surface area contributed by atoms with Crippen molar-refractivity contribution < 1.29 is 0 Å². The molecule has 21 heavy (non-hydrogen) atoms. The smallest absolute Gasteiger partial charge is 0.0551 e. The van der Waals surface area contributed by atoms with E-state index in [4.69, 9.17) is 0 Å². The molecule has 0 N–H and O–H groups in total. The molecule has 0 saturated heterocycles. The topological polar surface area (TPSA) is 4.93 Å². The molecule has 0 spiro atoms. The van der Waals surface area contributed by atoms with Gasteiger partial charge in [-0.05, 0) is 65.4 Å². The third-order valence-corrected chi connectivity index (χ3v) is 4.57. The van der Waals surface area contributed by atoms with Gasteiger partial charge in [0.1, 0.15) is 0 Å². The number of benzene rings is 3. The number of para-hydroxylation sites is 1. The Morgan fingerprint density at radius 2 is 1.43 bits per heavy atom. The first-order valence-electron chi connectivity index (χ1n) is 7.00. The second-order valence-electron chi connectivity index (χ2n) is 5.35. The van der Waals surface area contributed by atoms with Crippen molar-refractivity contribution in [2.45, 2.75) is 6.92 Å². The molecule has 4 rings (SSSR count). The number of hydrogen-bond acceptors (Lipinski definition) is 0. The second kappa shape index (κ2) is 4.88. The fraction of sp³-hybridized carbons (Fsp3) is 0.0526. The van der Waals surface area contributed by atoms with Crippen LogP contribution in [0.4, 0.5) is 0 Å². The van der Waals surface area contributed by atoms with Gasteiger partial charge in [-0.3, -0.25) is 0 Å². The molecule has 0 atom stereocenters. The predicted molar refractivity (Wildman–Crippen MR) is 98.2 cm³/mol. The maximum absolute atomic E-state index is 2.38. The summed E-state index contributed by atoms with van der Waals surface area (Å²) in [6.07, 6.45) is 0. The van der Waals surface area contributed by atoms with E-state index < -0.39 is 0 Å². The van der Waals surface area contributed by atoms with Gasteiger partial charge in [0.15, 0.2) is 0 Å². The van der Waals surface area contributed by atoms with Crippen LogP contribution in [-0.4, -0.2) is 4.57 Å². The number of halogens is 1. The Hall–Kier alpha value is -1.81. The average Bonchev–Trinajstić information content (AvgIpc) is 2.80. The van der Waals surface area contributed by atoms with Crippen LogP contribution in [0, 0.1) is 10.5 Å². The molecule has 1 nitrogen and oxygen atoms in total. The van der Waals surface area contributed by atoms with E-state index in [1.54, 1.807) is 0 Å². The van der Waals surface area contributed by atoms with Crippen LogP contribution in [0.15, 0.2) is 66.7 Å². The number of nitrogens with zero attached hydrogens (tertiary/aromatic N) is 1. The van der Waals surface area contributed by atoms with Gasteiger partial charge in [0.05, 0.1) is 11.0 Å². The minimum atomic E-state index is 1.21. The summed E-state index contributed by atoms with van der Waals surface area (Å²) in [5.41, 5.74) is 5.05. The molecule has 0 aliphatic carbocycles. The van der Waals surface area contributed by atoms with Crippen LogP contribution in [-0.2, 0) is 0 Å². The van der Waals surface area contributed by atoms with Crippen LogP contribution in [0.2, 0.25) is 0 Å². The highest BCUT2D eigenvalue weighted by atomic mass is 127. The second-order valence-corrected chi connectivity index (χ2v) is 6.60. The molecule has 1 heterocycles. The van der Waals surface area contributed by atoms with Crippen molar-refractivity contribution in [1.29, 1.82) is 0 Å². The van der Waals surface area contributed by atoms with Crippen molar-refractivity contribution in [1.82, 2.24) is 4.57 Å². The Morgan fingerprint density at radius 1 is 0.762 bits per heavy atom. The highest BCUT2D eigenvalue weighted by molar-refractivity contribution is 14.1. The number of rotatable bonds is 1. The largest absolute Gasteiger partial charge is 0.309 e. The monoisotopic (exact) mass is 383 g/mol. The summed E-state index contributed by atoms with van der Waals surface area (Å²) in [6, 6.07) is 24.0. The summed E-state index contributed by atoms with van der Waals surface area (Å²) in [7, 11) is 0. The minimum Gasteiger partial charge on any atom is -0.309 e. The van der Waals surface area contributed by atoms with E-state index in [-0.39, 0.29) is 0 Å². The zero-order valence-electron chi connectivity index (χ0n) is 11.7. The van der Waals surface area contributed by atoms with Crippen LogP contribution in [0.1, 0.15) is 5.56 Å². The maximum atomic E-state index is 2.38. The molecular formula is C19H14IN. The molecule has 0 amide bonds. The summed E-state index contributed by atoms with van der Waals surface area (Å²) in [4.78, 5) is 0. The first-order valence-corrected chi connectivity index (χ1v) is 8.08. The van der Waals surface area contributed by atoms with Gasteiger partial charge in [-0.1, -0.05) is 36.4 Å². The third kappa shape index (κ3) is 2.05. The Morgan fingerprint density at radius 3 is 2.19 bits per heavy atom. The van der Waals surface area contributed by atoms with Crippen molar-refractivity contribution in [3.63, 3.8) is 0 Å². The van der Waals surface area contributed by atoms with Gasteiger partial charge in [0.2, 0.25) is 0 Å². The summed E-state index contributed by atoms with van der Waals surface area (Å²) in [5.74, 6) is 0. The lowest BCUT2D eigenvalue weighted by molar-refractivity contribution is 1.18. The lowest BCUT2D eigenvalue weighted by Gasteiger charge is -2.08. The molecule has 1 aromatic heterocycles. The van der Waals surface area contributed by atoms with E-state index in [0.717, 1.165) is 0 Å². The first-order chi connectivity index (χ1) is 10.2.